The number of thiazole rings is 1. The van der Waals surface area contributed by atoms with Crippen LogP contribution in [-0.4, -0.2) is 18.1 Å². The summed E-state index contributed by atoms with van der Waals surface area (Å²) in [6, 6.07) is 7.87. The molecular weight excluding hydrogens is 351 g/mol. The molecule has 4 nitrogen and oxygen atoms in total. The number of nitrogens with zero attached hydrogens (tertiary/aromatic N) is 1. The Morgan fingerprint density at radius 2 is 2.24 bits per heavy atom. The highest BCUT2D eigenvalue weighted by Crippen LogP contribution is 2.25. The number of halogens is 1. The van der Waals surface area contributed by atoms with E-state index in [1.54, 1.807) is 0 Å². The van der Waals surface area contributed by atoms with Gasteiger partial charge >= 0.3 is 5.97 Å². The summed E-state index contributed by atoms with van der Waals surface area (Å²) in [5.41, 5.74) is 0.971. The largest absolute Gasteiger partial charge is 0.465 e. The highest BCUT2D eigenvalue weighted by Gasteiger charge is 2.10. The zero-order chi connectivity index (χ0) is 12.3. The second kappa shape index (κ2) is 5.46. The van der Waals surface area contributed by atoms with Gasteiger partial charge in [-0.05, 0) is 34.7 Å². The first kappa shape index (κ1) is 12.3. The number of carbonyl (C=O) groups is 1. The van der Waals surface area contributed by atoms with E-state index in [1.165, 1.54) is 24.6 Å². The maximum Gasteiger partial charge on any atom is 0.349 e. The monoisotopic (exact) mass is 360 g/mol. The number of benzene rings is 1. The van der Waals surface area contributed by atoms with E-state index in [9.17, 15) is 4.79 Å². The molecule has 0 amide bonds. The van der Waals surface area contributed by atoms with E-state index in [1.807, 2.05) is 24.3 Å². The fourth-order valence-corrected chi connectivity index (χ4v) is 2.47. The number of hydrogen-bond acceptors (Lipinski definition) is 5. The van der Waals surface area contributed by atoms with Crippen molar-refractivity contribution in [2.75, 3.05) is 12.4 Å². The SMILES string of the molecule is COC(=O)c1cnc(Nc2ccccc2I)s1. The van der Waals surface area contributed by atoms with Crippen LogP contribution in [0.3, 0.4) is 0 Å². The number of esters is 1. The molecule has 2 aromatic rings. The van der Waals surface area contributed by atoms with Gasteiger partial charge in [0.1, 0.15) is 4.88 Å². The molecule has 0 unspecified atom stereocenters. The van der Waals surface area contributed by atoms with E-state index < -0.39 is 0 Å². The molecule has 0 aliphatic rings. The van der Waals surface area contributed by atoms with Crippen LogP contribution in [0.5, 0.6) is 0 Å². The Hall–Kier alpha value is -1.15. The summed E-state index contributed by atoms with van der Waals surface area (Å²) in [6.07, 6.45) is 1.51. The number of hydrogen-bond donors (Lipinski definition) is 1. The molecule has 0 bridgehead atoms. The Bertz CT molecular complexity index is 542. The maximum atomic E-state index is 11.3. The number of nitrogens with one attached hydrogen (secondary N) is 1. The Morgan fingerprint density at radius 3 is 2.94 bits per heavy atom. The van der Waals surface area contributed by atoms with Crippen molar-refractivity contribution in [2.24, 2.45) is 0 Å². The zero-order valence-electron chi connectivity index (χ0n) is 8.94. The molecule has 17 heavy (non-hydrogen) atoms. The molecule has 0 fully saturated rings. The molecule has 0 saturated heterocycles. The Morgan fingerprint density at radius 1 is 1.47 bits per heavy atom. The molecule has 1 N–H and O–H groups in total. The standard InChI is InChI=1S/C11H9IN2O2S/c1-16-10(15)9-6-13-11(17-9)14-8-5-3-2-4-7(8)12/h2-6H,1H3,(H,13,14). The molecule has 1 aromatic carbocycles. The molecule has 1 heterocycles. The maximum absolute atomic E-state index is 11.3. The van der Waals surface area contributed by atoms with Crippen LogP contribution in [0, 0.1) is 3.57 Å². The van der Waals surface area contributed by atoms with Gasteiger partial charge in [0.25, 0.3) is 0 Å². The van der Waals surface area contributed by atoms with E-state index in [0.29, 0.717) is 10.0 Å². The van der Waals surface area contributed by atoms with Gasteiger partial charge in [0.15, 0.2) is 5.13 Å². The van der Waals surface area contributed by atoms with Crippen LogP contribution in [0.1, 0.15) is 9.67 Å². The lowest BCUT2D eigenvalue weighted by atomic mass is 10.3. The predicted molar refractivity (Wildman–Crippen MR) is 75.9 cm³/mol. The smallest absolute Gasteiger partial charge is 0.349 e. The highest BCUT2D eigenvalue weighted by atomic mass is 127. The summed E-state index contributed by atoms with van der Waals surface area (Å²) in [4.78, 5) is 15.9. The Kier molecular flexibility index (Phi) is 3.95. The van der Waals surface area contributed by atoms with Crippen LogP contribution in [0.25, 0.3) is 0 Å². The van der Waals surface area contributed by atoms with E-state index >= 15 is 0 Å². The average Bonchev–Trinajstić information content (AvgIpc) is 2.80. The van der Waals surface area contributed by atoms with Crippen molar-refractivity contribution in [1.82, 2.24) is 4.98 Å². The van der Waals surface area contributed by atoms with Crippen molar-refractivity contribution in [3.63, 3.8) is 0 Å². The number of aromatic nitrogens is 1. The Labute approximate surface area is 116 Å². The third-order valence-corrected chi connectivity index (χ3v) is 3.84. The van der Waals surface area contributed by atoms with Crippen LogP contribution in [0.4, 0.5) is 10.8 Å². The van der Waals surface area contributed by atoms with Crippen molar-refractivity contribution >= 4 is 50.7 Å². The minimum Gasteiger partial charge on any atom is -0.465 e. The summed E-state index contributed by atoms with van der Waals surface area (Å²) in [5, 5.41) is 3.84. The van der Waals surface area contributed by atoms with Gasteiger partial charge in [0.2, 0.25) is 0 Å². The predicted octanol–water partition coefficient (Wildman–Crippen LogP) is 3.28. The average molecular weight is 360 g/mol. The van der Waals surface area contributed by atoms with Crippen LogP contribution in [0.2, 0.25) is 0 Å². The Balaban J connectivity index is 2.17. The summed E-state index contributed by atoms with van der Waals surface area (Å²) in [7, 11) is 1.36. The van der Waals surface area contributed by atoms with Gasteiger partial charge in [0, 0.05) is 3.57 Å². The summed E-state index contributed by atoms with van der Waals surface area (Å²) in [6.45, 7) is 0. The molecule has 0 radical (unpaired) electrons. The highest BCUT2D eigenvalue weighted by molar-refractivity contribution is 14.1. The quantitative estimate of drug-likeness (QED) is 0.674. The minimum absolute atomic E-state index is 0.363. The van der Waals surface area contributed by atoms with Gasteiger partial charge in [-0.2, -0.15) is 0 Å². The number of methoxy groups -OCH3 is 1. The number of carbonyl (C=O) groups excluding carboxylic acids is 1. The van der Waals surface area contributed by atoms with E-state index in [2.05, 4.69) is 37.6 Å². The van der Waals surface area contributed by atoms with Gasteiger partial charge in [-0.15, -0.1) is 0 Å². The van der Waals surface area contributed by atoms with Crippen molar-refractivity contribution in [3.05, 3.63) is 38.9 Å². The third kappa shape index (κ3) is 2.95. The number of rotatable bonds is 3. The van der Waals surface area contributed by atoms with Gasteiger partial charge in [0.05, 0.1) is 19.0 Å². The number of anilines is 2. The second-order valence-corrected chi connectivity index (χ2v) is 5.32. The summed E-state index contributed by atoms with van der Waals surface area (Å²) < 4.78 is 5.72. The molecule has 0 saturated carbocycles. The lowest BCUT2D eigenvalue weighted by Gasteiger charge is -2.03. The molecule has 88 valence electrons. The first-order valence-electron chi connectivity index (χ1n) is 4.76. The molecule has 0 atom stereocenters. The lowest BCUT2D eigenvalue weighted by Crippen LogP contribution is -1.96. The summed E-state index contributed by atoms with van der Waals surface area (Å²) >= 11 is 3.51. The zero-order valence-corrected chi connectivity index (χ0v) is 11.9. The van der Waals surface area contributed by atoms with Gasteiger partial charge in [-0.3, -0.25) is 0 Å². The molecule has 2 rings (SSSR count). The van der Waals surface area contributed by atoms with Crippen LogP contribution in [0.15, 0.2) is 30.5 Å². The van der Waals surface area contributed by atoms with Crippen molar-refractivity contribution < 1.29 is 9.53 Å². The first-order valence-corrected chi connectivity index (χ1v) is 6.66. The number of ether oxygens (including phenoxy) is 1. The minimum atomic E-state index is -0.363. The second-order valence-electron chi connectivity index (χ2n) is 3.13. The molecule has 6 heteroatoms. The number of para-hydroxylation sites is 1. The molecule has 0 aliphatic heterocycles. The fraction of sp³-hybridized carbons (Fsp3) is 0.0909. The van der Waals surface area contributed by atoms with E-state index in [0.717, 1.165) is 9.26 Å². The molecular formula is C11H9IN2O2S. The van der Waals surface area contributed by atoms with Crippen molar-refractivity contribution in [2.45, 2.75) is 0 Å². The van der Waals surface area contributed by atoms with Crippen molar-refractivity contribution in [3.8, 4) is 0 Å². The van der Waals surface area contributed by atoms with Crippen LogP contribution in [-0.2, 0) is 4.74 Å². The van der Waals surface area contributed by atoms with Gasteiger partial charge in [-0.25, -0.2) is 9.78 Å². The summed E-state index contributed by atoms with van der Waals surface area (Å²) in [5.74, 6) is -0.363. The van der Waals surface area contributed by atoms with Crippen LogP contribution >= 0.6 is 33.9 Å². The fourth-order valence-electron chi connectivity index (χ4n) is 1.20. The third-order valence-electron chi connectivity index (χ3n) is 2.01. The van der Waals surface area contributed by atoms with Crippen molar-refractivity contribution in [1.29, 1.82) is 0 Å². The van der Waals surface area contributed by atoms with E-state index in [4.69, 9.17) is 0 Å². The van der Waals surface area contributed by atoms with Gasteiger partial charge < -0.3 is 10.1 Å². The van der Waals surface area contributed by atoms with E-state index in [-0.39, 0.29) is 5.97 Å². The molecule has 1 aromatic heterocycles. The first-order chi connectivity index (χ1) is 8.20. The lowest BCUT2D eigenvalue weighted by molar-refractivity contribution is 0.0606. The topological polar surface area (TPSA) is 51.2 Å². The normalized spacial score (nSPS) is 10.0. The van der Waals surface area contributed by atoms with Gasteiger partial charge in [-0.1, -0.05) is 23.5 Å². The molecule has 0 spiro atoms. The molecule has 0 aliphatic carbocycles. The van der Waals surface area contributed by atoms with Crippen LogP contribution < -0.4 is 5.32 Å².